The number of aromatic nitrogens is 1. The molecule has 8 heteroatoms. The molecule has 3 heterocycles. The number of fused-ring (bicyclic) bond motifs is 2. The van der Waals surface area contributed by atoms with Crippen molar-refractivity contribution in [1.82, 2.24) is 19.7 Å². The second-order valence-corrected chi connectivity index (χ2v) is 8.58. The average Bonchev–Trinajstić information content (AvgIpc) is 2.85. The molecule has 0 aliphatic carbocycles. The highest BCUT2D eigenvalue weighted by atomic mass is 16.5. The van der Waals surface area contributed by atoms with Crippen LogP contribution in [0.1, 0.15) is 24.8 Å². The van der Waals surface area contributed by atoms with Crippen molar-refractivity contribution in [3.8, 4) is 17.4 Å². The van der Waals surface area contributed by atoms with Gasteiger partial charge in [-0.25, -0.2) is 4.98 Å². The van der Waals surface area contributed by atoms with Gasteiger partial charge in [0, 0.05) is 51.0 Å². The molecule has 2 aromatic rings. The summed E-state index contributed by atoms with van der Waals surface area (Å²) >= 11 is 0. The summed E-state index contributed by atoms with van der Waals surface area (Å²) in [5, 5.41) is 9.14. The Morgan fingerprint density at radius 2 is 1.76 bits per heavy atom. The Labute approximate surface area is 195 Å². The molecule has 1 aromatic carbocycles. The fourth-order valence-electron chi connectivity index (χ4n) is 4.30. The number of carbonyl (C=O) groups is 1. The van der Waals surface area contributed by atoms with Crippen molar-refractivity contribution in [2.75, 3.05) is 59.0 Å². The molecule has 1 fully saturated rings. The maximum Gasteiger partial charge on any atom is 0.236 e. The number of hydrogen-bond acceptors (Lipinski definition) is 7. The Morgan fingerprint density at radius 3 is 2.58 bits per heavy atom. The summed E-state index contributed by atoms with van der Waals surface area (Å²) in [5.41, 5.74) is 0.951. The number of carbonyl (C=O) groups excluding carboxylic acids is 1. The zero-order chi connectivity index (χ0) is 22.9. The predicted molar refractivity (Wildman–Crippen MR) is 125 cm³/mol. The third-order valence-corrected chi connectivity index (χ3v) is 6.18. The molecule has 1 N–H and O–H groups in total. The SMILES string of the molecule is O=C(CN1CCCCCOc2ccccc2Oc2ncccc2C1)N1CCN(CCO)CC1. The molecule has 0 unspecified atom stereocenters. The van der Waals surface area contributed by atoms with Gasteiger partial charge >= 0.3 is 0 Å². The minimum Gasteiger partial charge on any atom is -0.490 e. The van der Waals surface area contributed by atoms with Crippen LogP contribution in [-0.4, -0.2) is 89.7 Å². The van der Waals surface area contributed by atoms with Crippen LogP contribution in [0.25, 0.3) is 0 Å². The van der Waals surface area contributed by atoms with E-state index in [2.05, 4.69) is 14.8 Å². The molecular weight excluding hydrogens is 420 g/mol. The number of hydrogen-bond donors (Lipinski definition) is 1. The minimum absolute atomic E-state index is 0.156. The summed E-state index contributed by atoms with van der Waals surface area (Å²) in [6, 6.07) is 11.6. The molecule has 8 nitrogen and oxygen atoms in total. The fraction of sp³-hybridized carbons (Fsp3) is 0.520. The third kappa shape index (κ3) is 6.66. The van der Waals surface area contributed by atoms with Gasteiger partial charge in [0.2, 0.25) is 11.8 Å². The Morgan fingerprint density at radius 1 is 0.939 bits per heavy atom. The maximum atomic E-state index is 13.1. The van der Waals surface area contributed by atoms with Gasteiger partial charge in [-0.2, -0.15) is 0 Å². The lowest BCUT2D eigenvalue weighted by molar-refractivity contribution is -0.134. The highest BCUT2D eigenvalue weighted by Gasteiger charge is 2.23. The van der Waals surface area contributed by atoms with Crippen molar-refractivity contribution in [1.29, 1.82) is 0 Å². The summed E-state index contributed by atoms with van der Waals surface area (Å²) < 4.78 is 12.1. The van der Waals surface area contributed by atoms with Crippen LogP contribution in [0.4, 0.5) is 0 Å². The molecule has 4 rings (SSSR count). The van der Waals surface area contributed by atoms with E-state index in [4.69, 9.17) is 14.6 Å². The second kappa shape index (κ2) is 12.0. The van der Waals surface area contributed by atoms with Crippen molar-refractivity contribution < 1.29 is 19.4 Å². The van der Waals surface area contributed by atoms with Gasteiger partial charge in [-0.3, -0.25) is 14.6 Å². The molecule has 2 aliphatic rings. The highest BCUT2D eigenvalue weighted by molar-refractivity contribution is 5.78. The fourth-order valence-corrected chi connectivity index (χ4v) is 4.30. The van der Waals surface area contributed by atoms with Crippen molar-refractivity contribution >= 4 is 5.91 Å². The van der Waals surface area contributed by atoms with E-state index in [9.17, 15) is 4.79 Å². The molecule has 33 heavy (non-hydrogen) atoms. The number of ether oxygens (including phenoxy) is 2. The topological polar surface area (TPSA) is 78.4 Å². The van der Waals surface area contributed by atoms with Crippen LogP contribution in [0.3, 0.4) is 0 Å². The molecule has 0 radical (unpaired) electrons. The van der Waals surface area contributed by atoms with Gasteiger partial charge in [0.05, 0.1) is 19.8 Å². The standard InChI is InChI=1S/C25H34N4O4/c30-17-16-27-12-14-29(15-13-27)24(31)20-28-11-4-1-5-18-32-22-8-2-3-9-23(22)33-25-21(19-28)7-6-10-26-25/h2-3,6-10,30H,1,4-5,11-20H2. The van der Waals surface area contributed by atoms with Crippen LogP contribution in [0.2, 0.25) is 0 Å². The number of para-hydroxylation sites is 2. The van der Waals surface area contributed by atoms with Gasteiger partial charge in [-0.15, -0.1) is 0 Å². The lowest BCUT2D eigenvalue weighted by atomic mass is 10.2. The number of piperazine rings is 1. The largest absolute Gasteiger partial charge is 0.490 e. The van der Waals surface area contributed by atoms with Gasteiger partial charge in [0.15, 0.2) is 11.5 Å². The van der Waals surface area contributed by atoms with Crippen LogP contribution in [-0.2, 0) is 11.3 Å². The van der Waals surface area contributed by atoms with E-state index in [1.807, 2.05) is 41.3 Å². The first-order chi connectivity index (χ1) is 16.2. The third-order valence-electron chi connectivity index (χ3n) is 6.18. The van der Waals surface area contributed by atoms with Crippen LogP contribution in [0, 0.1) is 0 Å². The van der Waals surface area contributed by atoms with E-state index in [1.54, 1.807) is 6.20 Å². The quantitative estimate of drug-likeness (QED) is 0.760. The monoisotopic (exact) mass is 454 g/mol. The number of amides is 1. The molecule has 0 atom stereocenters. The molecule has 0 bridgehead atoms. The number of rotatable bonds is 4. The average molecular weight is 455 g/mol. The van der Waals surface area contributed by atoms with Crippen LogP contribution in [0.5, 0.6) is 17.4 Å². The smallest absolute Gasteiger partial charge is 0.236 e. The van der Waals surface area contributed by atoms with Crippen molar-refractivity contribution in [2.45, 2.75) is 25.8 Å². The lowest BCUT2D eigenvalue weighted by Crippen LogP contribution is -2.51. The van der Waals surface area contributed by atoms with Crippen molar-refractivity contribution in [3.05, 3.63) is 48.2 Å². The van der Waals surface area contributed by atoms with Gasteiger partial charge in [-0.1, -0.05) is 18.2 Å². The highest BCUT2D eigenvalue weighted by Crippen LogP contribution is 2.32. The van der Waals surface area contributed by atoms with E-state index in [-0.39, 0.29) is 12.5 Å². The van der Waals surface area contributed by atoms with Gasteiger partial charge < -0.3 is 19.5 Å². The predicted octanol–water partition coefficient (Wildman–Crippen LogP) is 2.38. The van der Waals surface area contributed by atoms with Gasteiger partial charge in [-0.05, 0) is 44.0 Å². The summed E-state index contributed by atoms with van der Waals surface area (Å²) in [5.74, 6) is 2.08. The number of aliphatic hydroxyl groups excluding tert-OH is 1. The summed E-state index contributed by atoms with van der Waals surface area (Å²) in [4.78, 5) is 23.9. The summed E-state index contributed by atoms with van der Waals surface area (Å²) in [7, 11) is 0. The second-order valence-electron chi connectivity index (χ2n) is 8.58. The molecule has 0 spiro atoms. The zero-order valence-electron chi connectivity index (χ0n) is 19.2. The molecule has 1 aromatic heterocycles. The van der Waals surface area contributed by atoms with E-state index < -0.39 is 0 Å². The summed E-state index contributed by atoms with van der Waals surface area (Å²) in [6.45, 7) is 6.31. The molecule has 2 aliphatic heterocycles. The number of aliphatic hydroxyl groups is 1. The van der Waals surface area contributed by atoms with E-state index in [0.29, 0.717) is 51.0 Å². The Kier molecular flexibility index (Phi) is 8.52. The minimum atomic E-state index is 0.156. The zero-order valence-corrected chi connectivity index (χ0v) is 19.2. The van der Waals surface area contributed by atoms with Crippen molar-refractivity contribution in [2.24, 2.45) is 0 Å². The van der Waals surface area contributed by atoms with Gasteiger partial charge in [0.25, 0.3) is 0 Å². The Balaban J connectivity index is 1.46. The molecule has 178 valence electrons. The first-order valence-electron chi connectivity index (χ1n) is 11.9. The molecule has 1 amide bonds. The number of nitrogens with zero attached hydrogens (tertiary/aromatic N) is 4. The van der Waals surface area contributed by atoms with E-state index in [0.717, 1.165) is 50.2 Å². The molecule has 0 saturated carbocycles. The lowest BCUT2D eigenvalue weighted by Gasteiger charge is -2.35. The van der Waals surface area contributed by atoms with Gasteiger partial charge in [0.1, 0.15) is 0 Å². The first kappa shape index (κ1) is 23.5. The number of benzene rings is 1. The Hall–Kier alpha value is -2.68. The maximum absolute atomic E-state index is 13.1. The Bertz CT molecular complexity index is 901. The number of pyridine rings is 1. The number of β-amino-alcohol motifs (C(OH)–C–C–N with tert-alkyl or cyclic N) is 1. The molecule has 1 saturated heterocycles. The molecular formula is C25H34N4O4. The van der Waals surface area contributed by atoms with Crippen molar-refractivity contribution in [3.63, 3.8) is 0 Å². The van der Waals surface area contributed by atoms with Crippen LogP contribution in [0.15, 0.2) is 42.6 Å². The van der Waals surface area contributed by atoms with E-state index >= 15 is 0 Å². The summed E-state index contributed by atoms with van der Waals surface area (Å²) in [6.07, 6.45) is 4.71. The first-order valence-corrected chi connectivity index (χ1v) is 11.9. The van der Waals surface area contributed by atoms with Crippen LogP contribution >= 0.6 is 0 Å². The normalized spacial score (nSPS) is 18.5. The van der Waals surface area contributed by atoms with Crippen LogP contribution < -0.4 is 9.47 Å². The van der Waals surface area contributed by atoms with E-state index in [1.165, 1.54) is 0 Å².